The fraction of sp³-hybridized carbons (Fsp3) is 0.375. The second kappa shape index (κ2) is 10.8. The number of carbonyl (C=O) groups excluding carboxylic acids is 1. The van der Waals surface area contributed by atoms with E-state index in [-0.39, 0.29) is 18.6 Å². The molecule has 1 unspecified atom stereocenters. The van der Waals surface area contributed by atoms with Crippen LogP contribution in [0.4, 0.5) is 5.69 Å². The Labute approximate surface area is 187 Å². The monoisotopic (exact) mass is 472 g/mol. The van der Waals surface area contributed by atoms with Crippen LogP contribution >= 0.6 is 15.9 Å². The molecule has 1 atom stereocenters. The Morgan fingerprint density at radius 2 is 1.97 bits per heavy atom. The molecule has 1 amide bonds. The molecule has 5 nitrogen and oxygen atoms in total. The van der Waals surface area contributed by atoms with Crippen molar-refractivity contribution in [2.24, 2.45) is 0 Å². The smallest absolute Gasteiger partial charge is 0.249 e. The van der Waals surface area contributed by atoms with Crippen LogP contribution in [0.2, 0.25) is 0 Å². The van der Waals surface area contributed by atoms with E-state index in [1.165, 1.54) is 11.1 Å². The van der Waals surface area contributed by atoms with Gasteiger partial charge < -0.3 is 19.7 Å². The Morgan fingerprint density at radius 1 is 1.20 bits per heavy atom. The minimum absolute atomic E-state index is 0.00457. The summed E-state index contributed by atoms with van der Waals surface area (Å²) in [5.74, 6) is -0.00457. The third-order valence-corrected chi connectivity index (χ3v) is 5.80. The highest BCUT2D eigenvalue weighted by Gasteiger charge is 2.28. The van der Waals surface area contributed by atoms with Crippen molar-refractivity contribution in [3.05, 3.63) is 69.7 Å². The molecule has 1 heterocycles. The van der Waals surface area contributed by atoms with Crippen LogP contribution in [-0.4, -0.2) is 51.3 Å². The molecule has 1 aliphatic rings. The maximum Gasteiger partial charge on any atom is 0.249 e. The van der Waals surface area contributed by atoms with Gasteiger partial charge in [-0.3, -0.25) is 4.79 Å². The van der Waals surface area contributed by atoms with Crippen molar-refractivity contribution in [2.75, 3.05) is 45.8 Å². The lowest BCUT2D eigenvalue weighted by molar-refractivity contribution is -0.138. The number of nitrogens with zero attached hydrogens (tertiary/aromatic N) is 1. The number of nitrogens with one attached hydrogen (secondary N) is 1. The molecule has 0 aromatic heterocycles. The minimum Gasteiger partial charge on any atom is -0.388 e. The van der Waals surface area contributed by atoms with E-state index in [2.05, 4.69) is 70.6 Å². The number of hydrogen-bond acceptors (Lipinski definition) is 4. The third kappa shape index (κ3) is 5.50. The molecule has 2 aromatic carbocycles. The SMILES string of the molecule is CNc1ccc(Br)cc1C1=CC(c2ccc(C)cc2)N(C(=O)COCCOC)CC1. The summed E-state index contributed by atoms with van der Waals surface area (Å²) in [6.07, 6.45) is 3.00. The van der Waals surface area contributed by atoms with Gasteiger partial charge in [0.15, 0.2) is 0 Å². The van der Waals surface area contributed by atoms with Crippen LogP contribution < -0.4 is 5.32 Å². The van der Waals surface area contributed by atoms with Gasteiger partial charge in [-0.2, -0.15) is 0 Å². The van der Waals surface area contributed by atoms with Crippen LogP contribution in [-0.2, 0) is 14.3 Å². The van der Waals surface area contributed by atoms with Crippen LogP contribution in [0.1, 0.15) is 29.2 Å². The van der Waals surface area contributed by atoms with Gasteiger partial charge in [0.25, 0.3) is 0 Å². The third-order valence-electron chi connectivity index (χ3n) is 5.31. The minimum atomic E-state index is -0.128. The summed E-state index contributed by atoms with van der Waals surface area (Å²) in [4.78, 5) is 14.9. The molecule has 1 N–H and O–H groups in total. The normalized spacial score (nSPS) is 16.3. The van der Waals surface area contributed by atoms with Gasteiger partial charge in [-0.25, -0.2) is 0 Å². The van der Waals surface area contributed by atoms with E-state index in [9.17, 15) is 4.79 Å². The molecule has 0 saturated heterocycles. The van der Waals surface area contributed by atoms with Crippen LogP contribution in [0.5, 0.6) is 0 Å². The van der Waals surface area contributed by atoms with E-state index in [1.54, 1.807) is 7.11 Å². The number of hydrogen-bond donors (Lipinski definition) is 1. The molecule has 1 aliphatic heterocycles. The lowest BCUT2D eigenvalue weighted by atomic mass is 9.91. The van der Waals surface area contributed by atoms with E-state index in [0.29, 0.717) is 19.8 Å². The van der Waals surface area contributed by atoms with E-state index in [0.717, 1.165) is 27.7 Å². The number of rotatable bonds is 8. The quantitative estimate of drug-likeness (QED) is 0.559. The van der Waals surface area contributed by atoms with E-state index in [1.807, 2.05) is 18.0 Å². The first kappa shape index (κ1) is 22.5. The molecule has 160 valence electrons. The summed E-state index contributed by atoms with van der Waals surface area (Å²) < 4.78 is 11.5. The Bertz CT molecular complexity index is 896. The Balaban J connectivity index is 1.92. The first-order valence-electron chi connectivity index (χ1n) is 10.1. The van der Waals surface area contributed by atoms with Gasteiger partial charge in [0, 0.05) is 36.4 Å². The second-order valence-corrected chi connectivity index (χ2v) is 8.29. The standard InChI is InChI=1S/C24H29BrN2O3/c1-17-4-6-18(7-5-17)23-14-19(21-15-20(25)8-9-22(21)26-2)10-11-27(23)24(28)16-30-13-12-29-3/h4-9,14-15,23,26H,10-13,16H2,1-3H3. The zero-order valence-electron chi connectivity index (χ0n) is 17.8. The lowest BCUT2D eigenvalue weighted by Gasteiger charge is -2.35. The highest BCUT2D eigenvalue weighted by atomic mass is 79.9. The Morgan fingerprint density at radius 3 is 2.67 bits per heavy atom. The zero-order chi connectivity index (χ0) is 21.5. The summed E-state index contributed by atoms with van der Waals surface area (Å²) in [6, 6.07) is 14.5. The van der Waals surface area contributed by atoms with Gasteiger partial charge in [-0.1, -0.05) is 51.8 Å². The molecular weight excluding hydrogens is 444 g/mol. The number of methoxy groups -OCH3 is 1. The maximum atomic E-state index is 12.9. The van der Waals surface area contributed by atoms with Gasteiger partial charge in [0.05, 0.1) is 19.3 Å². The van der Waals surface area contributed by atoms with Gasteiger partial charge in [0.2, 0.25) is 5.91 Å². The molecule has 0 spiro atoms. The highest BCUT2D eigenvalue weighted by molar-refractivity contribution is 9.10. The zero-order valence-corrected chi connectivity index (χ0v) is 19.4. The number of anilines is 1. The number of ether oxygens (including phenoxy) is 2. The number of halogens is 1. The van der Waals surface area contributed by atoms with Crippen molar-refractivity contribution >= 4 is 33.1 Å². The number of benzene rings is 2. The number of carbonyl (C=O) groups is 1. The fourth-order valence-corrected chi connectivity index (χ4v) is 4.03. The Kier molecular flexibility index (Phi) is 8.08. The van der Waals surface area contributed by atoms with Crippen molar-refractivity contribution in [1.82, 2.24) is 4.90 Å². The Hall–Kier alpha value is -2.15. The van der Waals surface area contributed by atoms with E-state index >= 15 is 0 Å². The maximum absolute atomic E-state index is 12.9. The molecule has 0 radical (unpaired) electrons. The summed E-state index contributed by atoms with van der Waals surface area (Å²) in [5, 5.41) is 3.28. The average Bonchev–Trinajstić information content (AvgIpc) is 2.76. The molecule has 30 heavy (non-hydrogen) atoms. The predicted octanol–water partition coefficient (Wildman–Crippen LogP) is 4.82. The molecule has 2 aromatic rings. The van der Waals surface area contributed by atoms with Crippen molar-refractivity contribution < 1.29 is 14.3 Å². The van der Waals surface area contributed by atoms with E-state index in [4.69, 9.17) is 9.47 Å². The van der Waals surface area contributed by atoms with Crippen molar-refractivity contribution in [3.63, 3.8) is 0 Å². The molecule has 0 fully saturated rings. The van der Waals surface area contributed by atoms with Crippen LogP contribution in [0.15, 0.2) is 53.0 Å². The second-order valence-electron chi connectivity index (χ2n) is 7.37. The fourth-order valence-electron chi connectivity index (χ4n) is 3.67. The number of aryl methyl sites for hydroxylation is 1. The van der Waals surface area contributed by atoms with E-state index < -0.39 is 0 Å². The van der Waals surface area contributed by atoms with Crippen molar-refractivity contribution in [1.29, 1.82) is 0 Å². The van der Waals surface area contributed by atoms with Gasteiger partial charge in [-0.15, -0.1) is 0 Å². The summed E-state index contributed by atoms with van der Waals surface area (Å²) in [5.41, 5.74) is 5.77. The van der Waals surface area contributed by atoms with Crippen LogP contribution in [0.3, 0.4) is 0 Å². The molecule has 6 heteroatoms. The largest absolute Gasteiger partial charge is 0.388 e. The van der Waals surface area contributed by atoms with Crippen molar-refractivity contribution in [3.8, 4) is 0 Å². The first-order chi connectivity index (χ1) is 14.5. The van der Waals surface area contributed by atoms with Gasteiger partial charge in [-0.05, 0) is 42.7 Å². The summed E-state index contributed by atoms with van der Waals surface area (Å²) in [6.45, 7) is 3.67. The topological polar surface area (TPSA) is 50.8 Å². The average molecular weight is 473 g/mol. The van der Waals surface area contributed by atoms with Gasteiger partial charge >= 0.3 is 0 Å². The molecule has 0 saturated carbocycles. The molecule has 0 bridgehead atoms. The van der Waals surface area contributed by atoms with Crippen LogP contribution in [0, 0.1) is 6.92 Å². The summed E-state index contributed by atoms with van der Waals surface area (Å²) >= 11 is 3.59. The van der Waals surface area contributed by atoms with Gasteiger partial charge in [0.1, 0.15) is 6.61 Å². The number of amides is 1. The molecule has 0 aliphatic carbocycles. The van der Waals surface area contributed by atoms with Crippen molar-refractivity contribution in [2.45, 2.75) is 19.4 Å². The highest BCUT2D eigenvalue weighted by Crippen LogP contribution is 2.37. The summed E-state index contributed by atoms with van der Waals surface area (Å²) in [7, 11) is 3.55. The predicted molar refractivity (Wildman–Crippen MR) is 125 cm³/mol. The van der Waals surface area contributed by atoms with Crippen LogP contribution in [0.25, 0.3) is 5.57 Å². The molecular formula is C24H29BrN2O3. The first-order valence-corrected chi connectivity index (χ1v) is 10.9. The lowest BCUT2D eigenvalue weighted by Crippen LogP contribution is -2.39. The molecule has 3 rings (SSSR count).